The zero-order valence-corrected chi connectivity index (χ0v) is 11.9. The molecule has 0 aliphatic carbocycles. The van der Waals surface area contributed by atoms with Crippen molar-refractivity contribution in [2.24, 2.45) is 0 Å². The van der Waals surface area contributed by atoms with E-state index in [4.69, 9.17) is 0 Å². The van der Waals surface area contributed by atoms with Crippen molar-refractivity contribution in [1.29, 1.82) is 0 Å². The van der Waals surface area contributed by atoms with Crippen LogP contribution in [0.25, 0.3) is 0 Å². The van der Waals surface area contributed by atoms with E-state index in [0.29, 0.717) is 18.4 Å². The number of fused-ring (bicyclic) bond motifs is 1. The van der Waals surface area contributed by atoms with Crippen LogP contribution in [0.4, 0.5) is 5.69 Å². The molecule has 7 heteroatoms. The number of rotatable bonds is 2. The Kier molecular flexibility index (Phi) is 3.29. The van der Waals surface area contributed by atoms with Gasteiger partial charge in [0.05, 0.1) is 11.8 Å². The summed E-state index contributed by atoms with van der Waals surface area (Å²) in [6.07, 6.45) is 2.48. The molecular weight excluding hydrogens is 292 g/mol. The van der Waals surface area contributed by atoms with E-state index in [1.807, 2.05) is 0 Å². The van der Waals surface area contributed by atoms with Crippen LogP contribution < -0.4 is 10.6 Å². The number of sulfone groups is 1. The lowest BCUT2D eigenvalue weighted by atomic mass is 10.00. The predicted octanol–water partition coefficient (Wildman–Crippen LogP) is 0.612. The van der Waals surface area contributed by atoms with Gasteiger partial charge in [0.2, 0.25) is 5.91 Å². The third kappa shape index (κ3) is 2.97. The Morgan fingerprint density at radius 2 is 2.10 bits per heavy atom. The number of carbonyl (C=O) groups is 2. The highest BCUT2D eigenvalue weighted by atomic mass is 32.2. The van der Waals surface area contributed by atoms with Gasteiger partial charge in [0.25, 0.3) is 5.91 Å². The van der Waals surface area contributed by atoms with Gasteiger partial charge in [0.1, 0.15) is 0 Å². The van der Waals surface area contributed by atoms with Gasteiger partial charge < -0.3 is 10.6 Å². The molecule has 0 bridgehead atoms. The van der Waals surface area contributed by atoms with Gasteiger partial charge in [-0.25, -0.2) is 8.42 Å². The molecular formula is C14H14N2O4S. The van der Waals surface area contributed by atoms with Crippen molar-refractivity contribution in [3.05, 3.63) is 40.8 Å². The topological polar surface area (TPSA) is 92.3 Å². The lowest BCUT2D eigenvalue weighted by Crippen LogP contribution is -2.35. The van der Waals surface area contributed by atoms with Crippen molar-refractivity contribution < 1.29 is 18.0 Å². The van der Waals surface area contributed by atoms with Crippen LogP contribution in [0.15, 0.2) is 29.7 Å². The summed E-state index contributed by atoms with van der Waals surface area (Å²) in [4.78, 5) is 23.4. The first-order chi connectivity index (χ1) is 9.93. The summed E-state index contributed by atoms with van der Waals surface area (Å²) in [5, 5.41) is 6.55. The van der Waals surface area contributed by atoms with E-state index in [0.717, 1.165) is 16.7 Å². The molecule has 0 fully saturated rings. The molecule has 2 aliphatic rings. The fourth-order valence-corrected chi connectivity index (χ4v) is 3.68. The van der Waals surface area contributed by atoms with Gasteiger partial charge in [-0.2, -0.15) is 0 Å². The minimum Gasteiger partial charge on any atom is -0.345 e. The molecule has 1 aromatic rings. The molecule has 3 rings (SSSR count). The summed E-state index contributed by atoms with van der Waals surface area (Å²) >= 11 is 0. The molecule has 1 aromatic carbocycles. The SMILES string of the molecule is O=C1CCc2cc(C(=O)NC3C=CS(=O)(=O)C3)ccc2N1. The van der Waals surface area contributed by atoms with Gasteiger partial charge in [-0.1, -0.05) is 0 Å². The molecule has 2 N–H and O–H groups in total. The predicted molar refractivity (Wildman–Crippen MR) is 77.6 cm³/mol. The smallest absolute Gasteiger partial charge is 0.251 e. The Bertz CT molecular complexity index is 752. The fraction of sp³-hybridized carbons (Fsp3) is 0.286. The lowest BCUT2D eigenvalue weighted by molar-refractivity contribution is -0.116. The Balaban J connectivity index is 1.74. The van der Waals surface area contributed by atoms with E-state index in [1.54, 1.807) is 18.2 Å². The van der Waals surface area contributed by atoms with E-state index in [9.17, 15) is 18.0 Å². The van der Waals surface area contributed by atoms with Crippen molar-refractivity contribution in [2.45, 2.75) is 18.9 Å². The van der Waals surface area contributed by atoms with Gasteiger partial charge in [0, 0.05) is 23.1 Å². The normalized spacial score (nSPS) is 22.5. The van der Waals surface area contributed by atoms with Gasteiger partial charge in [-0.15, -0.1) is 0 Å². The van der Waals surface area contributed by atoms with Gasteiger partial charge in [-0.3, -0.25) is 9.59 Å². The molecule has 6 nitrogen and oxygen atoms in total. The van der Waals surface area contributed by atoms with Gasteiger partial charge >= 0.3 is 0 Å². The first-order valence-electron chi connectivity index (χ1n) is 6.57. The Morgan fingerprint density at radius 1 is 1.29 bits per heavy atom. The third-order valence-electron chi connectivity index (χ3n) is 3.51. The van der Waals surface area contributed by atoms with Crippen LogP contribution in [-0.2, 0) is 21.1 Å². The lowest BCUT2D eigenvalue weighted by Gasteiger charge is -2.18. The van der Waals surface area contributed by atoms with E-state index >= 15 is 0 Å². The van der Waals surface area contributed by atoms with Crippen molar-refractivity contribution in [2.75, 3.05) is 11.1 Å². The number of aryl methyl sites for hydroxylation is 1. The molecule has 1 unspecified atom stereocenters. The Morgan fingerprint density at radius 3 is 2.81 bits per heavy atom. The quantitative estimate of drug-likeness (QED) is 0.837. The van der Waals surface area contributed by atoms with Crippen molar-refractivity contribution in [3.8, 4) is 0 Å². The third-order valence-corrected chi connectivity index (χ3v) is 4.91. The number of nitrogens with one attached hydrogen (secondary N) is 2. The second-order valence-corrected chi connectivity index (χ2v) is 7.09. The van der Waals surface area contributed by atoms with Crippen LogP contribution in [-0.4, -0.2) is 32.0 Å². The van der Waals surface area contributed by atoms with Crippen LogP contribution >= 0.6 is 0 Å². The molecule has 0 saturated carbocycles. The summed E-state index contributed by atoms with van der Waals surface area (Å²) in [5.74, 6) is -0.442. The van der Waals surface area contributed by atoms with Crippen molar-refractivity contribution in [3.63, 3.8) is 0 Å². The van der Waals surface area contributed by atoms with E-state index in [2.05, 4.69) is 10.6 Å². The average molecular weight is 306 g/mol. The molecule has 21 heavy (non-hydrogen) atoms. The second-order valence-electron chi connectivity index (χ2n) is 5.16. The highest BCUT2D eigenvalue weighted by Crippen LogP contribution is 2.23. The largest absolute Gasteiger partial charge is 0.345 e. The first kappa shape index (κ1) is 13.8. The van der Waals surface area contributed by atoms with Crippen LogP contribution in [0, 0.1) is 0 Å². The second kappa shape index (κ2) is 5.00. The van der Waals surface area contributed by atoms with Crippen molar-refractivity contribution >= 4 is 27.3 Å². The van der Waals surface area contributed by atoms with E-state index in [-0.39, 0.29) is 17.6 Å². The molecule has 2 heterocycles. The summed E-state index contributed by atoms with van der Waals surface area (Å²) in [6, 6.07) is 4.56. The molecule has 0 spiro atoms. The Hall–Kier alpha value is -2.15. The molecule has 2 aliphatic heterocycles. The zero-order valence-electron chi connectivity index (χ0n) is 11.1. The minimum absolute atomic E-state index is 0.0269. The number of hydrogen-bond donors (Lipinski definition) is 2. The Labute approximate surface area is 122 Å². The number of benzene rings is 1. The van der Waals surface area contributed by atoms with Crippen LogP contribution in [0.5, 0.6) is 0 Å². The molecule has 0 radical (unpaired) electrons. The summed E-state index contributed by atoms with van der Waals surface area (Å²) in [6.45, 7) is 0. The highest BCUT2D eigenvalue weighted by molar-refractivity contribution is 7.94. The average Bonchev–Trinajstić information content (AvgIpc) is 2.77. The summed E-state index contributed by atoms with van der Waals surface area (Å²) < 4.78 is 22.6. The molecule has 1 atom stereocenters. The monoisotopic (exact) mass is 306 g/mol. The molecule has 0 saturated heterocycles. The number of anilines is 1. The first-order valence-corrected chi connectivity index (χ1v) is 8.29. The standard InChI is InChI=1S/C14H14N2O4S/c17-13-4-2-9-7-10(1-3-12(9)16-13)14(18)15-11-5-6-21(19,20)8-11/h1,3,5-7,11H,2,4,8H2,(H,15,18)(H,16,17). The summed E-state index contributed by atoms with van der Waals surface area (Å²) in [5.41, 5.74) is 2.10. The maximum atomic E-state index is 12.1. The number of carbonyl (C=O) groups excluding carboxylic acids is 2. The maximum absolute atomic E-state index is 12.1. The molecule has 2 amide bonds. The zero-order chi connectivity index (χ0) is 15.0. The van der Waals surface area contributed by atoms with Gasteiger partial charge in [0.15, 0.2) is 9.84 Å². The summed E-state index contributed by atoms with van der Waals surface area (Å²) in [7, 11) is -3.19. The van der Waals surface area contributed by atoms with Crippen LogP contribution in [0.2, 0.25) is 0 Å². The number of amides is 2. The fourth-order valence-electron chi connectivity index (χ4n) is 2.44. The van der Waals surface area contributed by atoms with Crippen LogP contribution in [0.3, 0.4) is 0 Å². The number of hydrogen-bond acceptors (Lipinski definition) is 4. The minimum atomic E-state index is -3.19. The van der Waals surface area contributed by atoms with Gasteiger partial charge in [-0.05, 0) is 36.3 Å². The molecule has 110 valence electrons. The van der Waals surface area contributed by atoms with Crippen LogP contribution in [0.1, 0.15) is 22.3 Å². The maximum Gasteiger partial charge on any atom is 0.251 e. The van der Waals surface area contributed by atoms with E-state index in [1.165, 1.54) is 6.08 Å². The van der Waals surface area contributed by atoms with E-state index < -0.39 is 15.9 Å². The molecule has 0 aromatic heterocycles. The highest BCUT2D eigenvalue weighted by Gasteiger charge is 2.24. The van der Waals surface area contributed by atoms with Crippen molar-refractivity contribution in [1.82, 2.24) is 5.32 Å².